The minimum Gasteiger partial charge on any atom is -0.376 e. The molecule has 1 aliphatic rings. The molecule has 1 saturated heterocycles. The van der Waals surface area contributed by atoms with E-state index in [-0.39, 0.29) is 6.10 Å². The first kappa shape index (κ1) is 19.6. The zero-order chi connectivity index (χ0) is 20.5. The number of ether oxygens (including phenoxy) is 1. The van der Waals surface area contributed by atoms with Crippen molar-refractivity contribution in [1.82, 2.24) is 24.1 Å². The van der Waals surface area contributed by atoms with E-state index in [4.69, 9.17) is 21.3 Å². The molecule has 0 spiro atoms. The number of rotatable bonds is 6. The van der Waals surface area contributed by atoms with E-state index in [1.165, 1.54) is 5.56 Å². The zero-order valence-corrected chi connectivity index (χ0v) is 18.2. The van der Waals surface area contributed by atoms with Crippen molar-refractivity contribution in [2.45, 2.75) is 43.3 Å². The van der Waals surface area contributed by atoms with Gasteiger partial charge in [0.05, 0.1) is 18.3 Å². The molecule has 0 saturated carbocycles. The Hall–Kier alpha value is -2.35. The fraction of sp³-hybridized carbons (Fsp3) is 0.318. The van der Waals surface area contributed by atoms with Gasteiger partial charge in [0.15, 0.2) is 11.0 Å². The molecule has 1 aromatic carbocycles. The van der Waals surface area contributed by atoms with Gasteiger partial charge in [0, 0.05) is 35.3 Å². The van der Waals surface area contributed by atoms with Crippen molar-refractivity contribution in [3.8, 4) is 11.4 Å². The van der Waals surface area contributed by atoms with Gasteiger partial charge in [-0.05, 0) is 55.7 Å². The average Bonchev–Trinajstić information content (AvgIpc) is 3.47. The average molecular weight is 440 g/mol. The summed E-state index contributed by atoms with van der Waals surface area (Å²) < 4.78 is 10.1. The van der Waals surface area contributed by atoms with Crippen molar-refractivity contribution in [2.24, 2.45) is 0 Å². The van der Waals surface area contributed by atoms with Crippen LogP contribution in [-0.2, 0) is 17.0 Å². The van der Waals surface area contributed by atoms with Gasteiger partial charge in [-0.3, -0.25) is 4.57 Å². The van der Waals surface area contributed by atoms with Crippen LogP contribution in [0.2, 0.25) is 5.02 Å². The molecule has 3 aromatic heterocycles. The molecule has 6 nitrogen and oxygen atoms in total. The summed E-state index contributed by atoms with van der Waals surface area (Å²) >= 11 is 7.72. The van der Waals surface area contributed by atoms with Crippen molar-refractivity contribution in [3.63, 3.8) is 0 Å². The van der Waals surface area contributed by atoms with Gasteiger partial charge in [-0.25, -0.2) is 4.98 Å². The summed E-state index contributed by atoms with van der Waals surface area (Å²) in [6.07, 6.45) is 6.54. The molecule has 0 bridgehead atoms. The molecule has 4 aromatic rings. The topological polar surface area (TPSA) is 57.2 Å². The first-order chi connectivity index (χ1) is 14.7. The van der Waals surface area contributed by atoms with Crippen LogP contribution in [0.25, 0.3) is 17.0 Å². The number of aromatic nitrogens is 5. The second-order valence-corrected chi connectivity index (χ2v) is 8.93. The van der Waals surface area contributed by atoms with Crippen LogP contribution < -0.4 is 0 Å². The normalized spacial score (nSPS) is 16.5. The van der Waals surface area contributed by atoms with Gasteiger partial charge in [-0.1, -0.05) is 29.4 Å². The highest BCUT2D eigenvalue weighted by molar-refractivity contribution is 7.98. The summed E-state index contributed by atoms with van der Waals surface area (Å²) in [5.74, 6) is 1.57. The Labute approximate surface area is 184 Å². The summed E-state index contributed by atoms with van der Waals surface area (Å²) in [6.45, 7) is 3.66. The van der Waals surface area contributed by atoms with Crippen molar-refractivity contribution < 1.29 is 4.74 Å². The van der Waals surface area contributed by atoms with Crippen LogP contribution in [0.3, 0.4) is 0 Å². The number of halogens is 1. The third-order valence-corrected chi connectivity index (χ3v) is 6.48. The van der Waals surface area contributed by atoms with E-state index in [9.17, 15) is 0 Å². The standard InChI is InChI=1S/C22H22ClN5OS/c1-15-4-9-20-24-18(12-27(20)11-15)14-30-22-26-25-21(16-5-7-17(23)8-6-16)28(22)13-19-3-2-10-29-19/h4-9,11-12,19H,2-3,10,13-14H2,1H3/t19-/m1/s1. The second kappa shape index (κ2) is 8.41. The van der Waals surface area contributed by atoms with Crippen LogP contribution in [0.15, 0.2) is 53.9 Å². The first-order valence-corrected chi connectivity index (χ1v) is 11.4. The smallest absolute Gasteiger partial charge is 0.191 e. The SMILES string of the molecule is Cc1ccc2nc(CSc3nnc(-c4ccc(Cl)cc4)n3C[C@H]3CCCO3)cn2c1. The molecule has 4 heterocycles. The minimum atomic E-state index is 0.199. The summed E-state index contributed by atoms with van der Waals surface area (Å²) in [6, 6.07) is 11.9. The third-order valence-electron chi connectivity index (χ3n) is 5.23. The maximum Gasteiger partial charge on any atom is 0.191 e. The van der Waals surface area contributed by atoms with Crippen LogP contribution in [0.5, 0.6) is 0 Å². The lowest BCUT2D eigenvalue weighted by Gasteiger charge is -2.14. The molecule has 0 amide bonds. The molecule has 0 aliphatic carbocycles. The van der Waals surface area contributed by atoms with E-state index in [0.717, 1.165) is 59.6 Å². The lowest BCUT2D eigenvalue weighted by Crippen LogP contribution is -2.16. The highest BCUT2D eigenvalue weighted by Crippen LogP contribution is 2.29. The lowest BCUT2D eigenvalue weighted by atomic mass is 10.2. The molecule has 0 unspecified atom stereocenters. The van der Waals surface area contributed by atoms with Crippen LogP contribution in [0, 0.1) is 6.92 Å². The summed E-state index contributed by atoms with van der Waals surface area (Å²) in [5.41, 5.74) is 4.19. The Kier molecular flexibility index (Phi) is 5.50. The molecule has 30 heavy (non-hydrogen) atoms. The number of nitrogens with zero attached hydrogens (tertiary/aromatic N) is 5. The third kappa shape index (κ3) is 4.10. The number of hydrogen-bond acceptors (Lipinski definition) is 5. The van der Waals surface area contributed by atoms with E-state index < -0.39 is 0 Å². The van der Waals surface area contributed by atoms with Gasteiger partial charge >= 0.3 is 0 Å². The molecular weight excluding hydrogens is 418 g/mol. The number of hydrogen-bond donors (Lipinski definition) is 0. The number of aryl methyl sites for hydroxylation is 1. The maximum absolute atomic E-state index is 6.07. The quantitative estimate of drug-likeness (QED) is 0.394. The van der Waals surface area contributed by atoms with Crippen LogP contribution in [-0.4, -0.2) is 36.9 Å². The fourth-order valence-corrected chi connectivity index (χ4v) is 4.69. The molecule has 1 atom stereocenters. The Morgan fingerprint density at radius 2 is 2.00 bits per heavy atom. The van der Waals surface area contributed by atoms with E-state index in [2.05, 4.69) is 44.5 Å². The Morgan fingerprint density at radius 3 is 2.80 bits per heavy atom. The number of pyridine rings is 1. The van der Waals surface area contributed by atoms with Crippen molar-refractivity contribution in [1.29, 1.82) is 0 Å². The largest absolute Gasteiger partial charge is 0.376 e. The molecular formula is C22H22ClN5OS. The van der Waals surface area contributed by atoms with E-state index >= 15 is 0 Å². The number of fused-ring (bicyclic) bond motifs is 1. The Bertz CT molecular complexity index is 1160. The predicted octanol–water partition coefficient (Wildman–Crippen LogP) is 5.03. The lowest BCUT2D eigenvalue weighted by molar-refractivity contribution is 0.0953. The first-order valence-electron chi connectivity index (χ1n) is 10.0. The van der Waals surface area contributed by atoms with E-state index in [1.54, 1.807) is 11.8 Å². The molecule has 0 N–H and O–H groups in total. The zero-order valence-electron chi connectivity index (χ0n) is 16.7. The highest BCUT2D eigenvalue weighted by atomic mass is 35.5. The van der Waals surface area contributed by atoms with Gasteiger partial charge < -0.3 is 9.14 Å². The van der Waals surface area contributed by atoms with Crippen LogP contribution in [0.1, 0.15) is 24.1 Å². The second-order valence-electron chi connectivity index (χ2n) is 7.55. The molecule has 154 valence electrons. The van der Waals surface area contributed by atoms with Crippen molar-refractivity contribution in [2.75, 3.05) is 6.61 Å². The number of thioether (sulfide) groups is 1. The fourth-order valence-electron chi connectivity index (χ4n) is 3.73. The van der Waals surface area contributed by atoms with Gasteiger partial charge in [0.2, 0.25) is 0 Å². The molecule has 1 aliphatic heterocycles. The Balaban J connectivity index is 1.41. The molecule has 5 rings (SSSR count). The van der Waals surface area contributed by atoms with Gasteiger partial charge in [0.25, 0.3) is 0 Å². The van der Waals surface area contributed by atoms with E-state index in [0.29, 0.717) is 5.02 Å². The van der Waals surface area contributed by atoms with Crippen molar-refractivity contribution in [3.05, 3.63) is 65.1 Å². The van der Waals surface area contributed by atoms with Gasteiger partial charge in [0.1, 0.15) is 5.65 Å². The van der Waals surface area contributed by atoms with Crippen LogP contribution in [0.4, 0.5) is 0 Å². The molecule has 8 heteroatoms. The van der Waals surface area contributed by atoms with E-state index in [1.807, 2.05) is 30.3 Å². The number of benzene rings is 1. The summed E-state index contributed by atoms with van der Waals surface area (Å²) in [5, 5.41) is 10.6. The van der Waals surface area contributed by atoms with Gasteiger partial charge in [-0.2, -0.15) is 0 Å². The summed E-state index contributed by atoms with van der Waals surface area (Å²) in [4.78, 5) is 4.72. The number of imidazole rings is 1. The molecule has 1 fully saturated rings. The minimum absolute atomic E-state index is 0.199. The predicted molar refractivity (Wildman–Crippen MR) is 119 cm³/mol. The highest BCUT2D eigenvalue weighted by Gasteiger charge is 2.22. The van der Waals surface area contributed by atoms with Crippen molar-refractivity contribution >= 4 is 29.0 Å². The summed E-state index contributed by atoms with van der Waals surface area (Å²) in [7, 11) is 0. The monoisotopic (exact) mass is 439 g/mol. The maximum atomic E-state index is 6.07. The van der Waals surface area contributed by atoms with Gasteiger partial charge in [-0.15, -0.1) is 10.2 Å². The Morgan fingerprint density at radius 1 is 1.13 bits per heavy atom. The molecule has 0 radical (unpaired) electrons. The van der Waals surface area contributed by atoms with Crippen LogP contribution >= 0.6 is 23.4 Å².